The summed E-state index contributed by atoms with van der Waals surface area (Å²) >= 11 is 1.56. The summed E-state index contributed by atoms with van der Waals surface area (Å²) in [6.07, 6.45) is 0. The van der Waals surface area contributed by atoms with Crippen LogP contribution in [0.25, 0.3) is 0 Å². The zero-order valence-corrected chi connectivity index (χ0v) is 6.15. The number of aliphatic carboxylic acids is 1. The van der Waals surface area contributed by atoms with Crippen molar-refractivity contribution in [1.29, 1.82) is 0 Å². The molecule has 0 atom stereocenters. The number of carboxylic acid groups (broad SMARTS) is 1. The van der Waals surface area contributed by atoms with Gasteiger partial charge in [0.1, 0.15) is 6.54 Å². The Balaban J connectivity index is 2.19. The molecule has 0 aromatic carbocycles. The van der Waals surface area contributed by atoms with Crippen molar-refractivity contribution in [1.82, 2.24) is 5.32 Å². The van der Waals surface area contributed by atoms with Gasteiger partial charge in [-0.15, -0.1) is 0 Å². The molecule has 5 heteroatoms. The Hall–Kier alpha value is -0.710. The molecule has 0 radical (unpaired) electrons. The van der Waals surface area contributed by atoms with Gasteiger partial charge in [-0.3, -0.25) is 9.79 Å². The number of nitrogens with one attached hydrogen (secondary N) is 1. The van der Waals surface area contributed by atoms with E-state index < -0.39 is 5.97 Å². The molecule has 0 spiro atoms. The molecule has 1 heterocycles. The fourth-order valence-electron chi connectivity index (χ4n) is 0.593. The van der Waals surface area contributed by atoms with Gasteiger partial charge >= 0.3 is 5.97 Å². The Morgan fingerprint density at radius 2 is 2.70 bits per heavy atom. The largest absolute Gasteiger partial charge is 0.480 e. The Bertz CT molecular complexity index is 169. The van der Waals surface area contributed by atoms with E-state index >= 15 is 0 Å². The van der Waals surface area contributed by atoms with Gasteiger partial charge in [-0.25, -0.2) is 0 Å². The van der Waals surface area contributed by atoms with Crippen LogP contribution in [0.4, 0.5) is 0 Å². The number of hydrogen-bond donors (Lipinski definition) is 2. The first kappa shape index (κ1) is 7.40. The van der Waals surface area contributed by atoms with Crippen LogP contribution in [0.3, 0.4) is 0 Å². The maximum absolute atomic E-state index is 10.0. The first-order valence-corrected chi connectivity index (χ1v) is 3.90. The minimum atomic E-state index is -0.852. The number of carbonyl (C=O) groups is 1. The van der Waals surface area contributed by atoms with Crippen molar-refractivity contribution >= 4 is 22.9 Å². The molecule has 0 unspecified atom stereocenters. The zero-order chi connectivity index (χ0) is 7.40. The van der Waals surface area contributed by atoms with Crippen molar-refractivity contribution < 1.29 is 9.90 Å². The molecule has 10 heavy (non-hydrogen) atoms. The highest BCUT2D eigenvalue weighted by Crippen LogP contribution is 2.07. The summed E-state index contributed by atoms with van der Waals surface area (Å²) in [5, 5.41) is 11.7. The Labute approximate surface area is 62.7 Å². The second-order valence-electron chi connectivity index (χ2n) is 1.78. The van der Waals surface area contributed by atoms with Crippen LogP contribution in [-0.2, 0) is 4.79 Å². The van der Waals surface area contributed by atoms with Crippen LogP contribution in [-0.4, -0.2) is 35.1 Å². The SMILES string of the molecule is O=C(O)CNC1=NCCS1. The fourth-order valence-corrected chi connectivity index (χ4v) is 1.33. The third-order valence-corrected chi connectivity index (χ3v) is 1.91. The predicted molar refractivity (Wildman–Crippen MR) is 40.4 cm³/mol. The van der Waals surface area contributed by atoms with E-state index in [1.165, 1.54) is 0 Å². The summed E-state index contributed by atoms with van der Waals surface area (Å²) in [5.74, 6) is 0.109. The number of rotatable bonds is 2. The molecule has 0 aliphatic carbocycles. The van der Waals surface area contributed by atoms with Crippen LogP contribution in [0, 0.1) is 0 Å². The first-order chi connectivity index (χ1) is 4.79. The lowest BCUT2D eigenvalue weighted by atomic mass is 10.7. The molecule has 1 aliphatic heterocycles. The summed E-state index contributed by atoms with van der Waals surface area (Å²) < 4.78 is 0. The van der Waals surface area contributed by atoms with E-state index in [0.29, 0.717) is 0 Å². The minimum absolute atomic E-state index is 0.0359. The van der Waals surface area contributed by atoms with Gasteiger partial charge in [0.25, 0.3) is 0 Å². The van der Waals surface area contributed by atoms with Crippen LogP contribution in [0.5, 0.6) is 0 Å². The van der Waals surface area contributed by atoms with Gasteiger partial charge in [0.15, 0.2) is 5.17 Å². The highest BCUT2D eigenvalue weighted by molar-refractivity contribution is 8.14. The third kappa shape index (κ3) is 2.26. The predicted octanol–water partition coefficient (Wildman–Crippen LogP) is -0.237. The van der Waals surface area contributed by atoms with Gasteiger partial charge < -0.3 is 10.4 Å². The van der Waals surface area contributed by atoms with Gasteiger partial charge in [0.2, 0.25) is 0 Å². The van der Waals surface area contributed by atoms with E-state index in [9.17, 15) is 4.79 Å². The van der Waals surface area contributed by atoms with E-state index in [4.69, 9.17) is 5.11 Å². The second-order valence-corrected chi connectivity index (χ2v) is 2.87. The lowest BCUT2D eigenvalue weighted by molar-refractivity contribution is -0.135. The van der Waals surface area contributed by atoms with Crippen molar-refractivity contribution in [3.05, 3.63) is 0 Å². The second kappa shape index (κ2) is 3.46. The summed E-state index contributed by atoms with van der Waals surface area (Å²) in [5.41, 5.74) is 0. The molecule has 0 amide bonds. The van der Waals surface area contributed by atoms with Gasteiger partial charge in [0.05, 0.1) is 6.54 Å². The maximum Gasteiger partial charge on any atom is 0.322 e. The van der Waals surface area contributed by atoms with Crippen LogP contribution >= 0.6 is 11.8 Å². The van der Waals surface area contributed by atoms with E-state index in [2.05, 4.69) is 10.3 Å². The first-order valence-electron chi connectivity index (χ1n) is 2.92. The van der Waals surface area contributed by atoms with Crippen LogP contribution < -0.4 is 5.32 Å². The molecule has 4 nitrogen and oxygen atoms in total. The van der Waals surface area contributed by atoms with Crippen LogP contribution in [0.1, 0.15) is 0 Å². The summed E-state index contributed by atoms with van der Waals surface area (Å²) in [7, 11) is 0. The molecule has 0 aromatic rings. The van der Waals surface area contributed by atoms with Crippen molar-refractivity contribution in [3.8, 4) is 0 Å². The number of thioether (sulfide) groups is 1. The molecule has 0 fully saturated rings. The van der Waals surface area contributed by atoms with E-state index in [1.807, 2.05) is 0 Å². The molecule has 56 valence electrons. The minimum Gasteiger partial charge on any atom is -0.480 e. The number of amidine groups is 1. The van der Waals surface area contributed by atoms with Crippen molar-refractivity contribution in [2.24, 2.45) is 4.99 Å². The summed E-state index contributed by atoms with van der Waals surface area (Å²) in [4.78, 5) is 14.0. The van der Waals surface area contributed by atoms with Crippen molar-refractivity contribution in [2.45, 2.75) is 0 Å². The van der Waals surface area contributed by atoms with Gasteiger partial charge in [-0.1, -0.05) is 11.8 Å². The fraction of sp³-hybridized carbons (Fsp3) is 0.600. The molecule has 1 aliphatic rings. The maximum atomic E-state index is 10.0. The van der Waals surface area contributed by atoms with Crippen molar-refractivity contribution in [3.63, 3.8) is 0 Å². The highest BCUT2D eigenvalue weighted by atomic mass is 32.2. The molecular weight excluding hydrogens is 152 g/mol. The normalized spacial score (nSPS) is 16.6. The molecule has 0 bridgehead atoms. The monoisotopic (exact) mass is 160 g/mol. The number of carboxylic acids is 1. The van der Waals surface area contributed by atoms with Gasteiger partial charge in [0, 0.05) is 5.75 Å². The summed E-state index contributed by atoms with van der Waals surface area (Å²) in [6, 6.07) is 0. The quantitative estimate of drug-likeness (QED) is 0.585. The topological polar surface area (TPSA) is 61.7 Å². The lowest BCUT2D eigenvalue weighted by Crippen LogP contribution is -2.25. The van der Waals surface area contributed by atoms with Gasteiger partial charge in [-0.2, -0.15) is 0 Å². The van der Waals surface area contributed by atoms with E-state index in [1.54, 1.807) is 11.8 Å². The third-order valence-electron chi connectivity index (χ3n) is 0.976. The van der Waals surface area contributed by atoms with Crippen LogP contribution in [0.2, 0.25) is 0 Å². The van der Waals surface area contributed by atoms with Crippen molar-refractivity contribution in [2.75, 3.05) is 18.8 Å². The smallest absolute Gasteiger partial charge is 0.322 e. The molecule has 0 saturated heterocycles. The van der Waals surface area contributed by atoms with E-state index in [-0.39, 0.29) is 6.54 Å². The Morgan fingerprint density at radius 1 is 1.90 bits per heavy atom. The Kier molecular flexibility index (Phi) is 2.56. The van der Waals surface area contributed by atoms with Crippen LogP contribution in [0.15, 0.2) is 4.99 Å². The van der Waals surface area contributed by atoms with E-state index in [0.717, 1.165) is 17.5 Å². The number of hydrogen-bond acceptors (Lipinski definition) is 4. The Morgan fingerprint density at radius 3 is 3.20 bits per heavy atom. The average Bonchev–Trinajstić information content (AvgIpc) is 2.34. The number of aliphatic imine (C=N–C) groups is 1. The molecule has 2 N–H and O–H groups in total. The number of nitrogens with zero attached hydrogens (tertiary/aromatic N) is 1. The molecule has 1 rings (SSSR count). The molecular formula is C5H8N2O2S. The standard InChI is InChI=1S/C5H8N2O2S/c8-4(9)3-7-5-6-1-2-10-5/h1-3H2,(H,6,7)(H,8,9). The summed E-state index contributed by atoms with van der Waals surface area (Å²) in [6.45, 7) is 0.762. The average molecular weight is 160 g/mol. The van der Waals surface area contributed by atoms with Gasteiger partial charge in [-0.05, 0) is 0 Å². The molecule has 0 aromatic heterocycles. The zero-order valence-electron chi connectivity index (χ0n) is 5.33. The highest BCUT2D eigenvalue weighted by Gasteiger charge is 2.06. The lowest BCUT2D eigenvalue weighted by Gasteiger charge is -1.98. The molecule has 0 saturated carbocycles.